The summed E-state index contributed by atoms with van der Waals surface area (Å²) in [7, 11) is 0. The highest BCUT2D eigenvalue weighted by Gasteiger charge is 2.26. The predicted octanol–water partition coefficient (Wildman–Crippen LogP) is 1.01. The average molecular weight is 211 g/mol. The molecule has 86 valence electrons. The van der Waals surface area contributed by atoms with Gasteiger partial charge in [-0.05, 0) is 25.7 Å². The Kier molecular flexibility index (Phi) is 3.76. The van der Waals surface area contributed by atoms with Crippen LogP contribution in [-0.4, -0.2) is 42.6 Å². The third-order valence-electron chi connectivity index (χ3n) is 3.87. The minimum Gasteiger partial charge on any atom is -0.368 e. The molecule has 2 aliphatic rings. The number of hydrogen-bond acceptors (Lipinski definition) is 2. The van der Waals surface area contributed by atoms with Crippen molar-refractivity contribution in [1.29, 1.82) is 0 Å². The molecule has 3 heteroatoms. The molecule has 1 saturated heterocycles. The Morgan fingerprint density at radius 2 is 1.73 bits per heavy atom. The normalized spacial score (nSPS) is 32.8. The van der Waals surface area contributed by atoms with Crippen LogP contribution >= 0.6 is 0 Å². The van der Waals surface area contributed by atoms with Gasteiger partial charge in [0.05, 0.1) is 0 Å². The van der Waals surface area contributed by atoms with Gasteiger partial charge in [0.15, 0.2) is 18.8 Å². The van der Waals surface area contributed by atoms with Crippen LogP contribution in [0.1, 0.15) is 32.6 Å². The number of nitrogens with two attached hydrogens (primary N) is 1. The van der Waals surface area contributed by atoms with Gasteiger partial charge in [0.2, 0.25) is 0 Å². The number of morpholine rings is 1. The summed E-state index contributed by atoms with van der Waals surface area (Å²) in [6, 6.07) is 0.457. The topological polar surface area (TPSA) is 38.3 Å². The first-order valence-electron chi connectivity index (χ1n) is 6.19. The Balaban J connectivity index is 1.96. The third kappa shape index (κ3) is 2.79. The summed E-state index contributed by atoms with van der Waals surface area (Å²) >= 11 is 0. The van der Waals surface area contributed by atoms with E-state index in [0.717, 1.165) is 32.2 Å². The van der Waals surface area contributed by atoms with Crippen LogP contribution in [0, 0.1) is 5.92 Å². The maximum atomic E-state index is 5.93. The molecule has 1 aliphatic carbocycles. The molecule has 0 aromatic rings. The Hall–Kier alpha value is -0.410. The first-order valence-corrected chi connectivity index (χ1v) is 6.19. The molecule has 2 rings (SSSR count). The van der Waals surface area contributed by atoms with Gasteiger partial charge in [0.1, 0.15) is 13.2 Å². The summed E-state index contributed by atoms with van der Waals surface area (Å²) in [6.07, 6.45) is 4.97. The number of rotatable bonds is 1. The minimum atomic E-state index is 0.457. The van der Waals surface area contributed by atoms with Gasteiger partial charge in [-0.15, -0.1) is 0 Å². The molecule has 2 fully saturated rings. The average Bonchev–Trinajstić information content (AvgIpc) is 2.30. The fourth-order valence-corrected chi connectivity index (χ4v) is 2.71. The van der Waals surface area contributed by atoms with Gasteiger partial charge in [-0.25, -0.2) is 4.58 Å². The lowest BCUT2D eigenvalue weighted by Gasteiger charge is -2.26. The maximum absolute atomic E-state index is 5.93. The van der Waals surface area contributed by atoms with Crippen molar-refractivity contribution in [2.24, 2.45) is 11.7 Å². The maximum Gasteiger partial charge on any atom is 0.166 e. The standard InChI is InChI=1S/C12H23N2O/c1-10(14-6-8-15-9-7-14)11-2-4-12(13)5-3-11/h11-12H,2-9,13H2,1H3/q+1. The van der Waals surface area contributed by atoms with E-state index in [-0.39, 0.29) is 0 Å². The minimum absolute atomic E-state index is 0.457. The van der Waals surface area contributed by atoms with Crippen molar-refractivity contribution in [2.45, 2.75) is 38.6 Å². The fraction of sp³-hybridized carbons (Fsp3) is 0.917. The van der Waals surface area contributed by atoms with Crippen LogP contribution in [0.15, 0.2) is 0 Å². The van der Waals surface area contributed by atoms with Gasteiger partial charge >= 0.3 is 0 Å². The Bertz CT molecular complexity index is 234. The second-order valence-corrected chi connectivity index (χ2v) is 4.85. The van der Waals surface area contributed by atoms with Crippen LogP contribution in [0.5, 0.6) is 0 Å². The van der Waals surface area contributed by atoms with Crippen molar-refractivity contribution in [1.82, 2.24) is 0 Å². The van der Waals surface area contributed by atoms with Crippen molar-refractivity contribution in [2.75, 3.05) is 26.3 Å². The van der Waals surface area contributed by atoms with Crippen molar-refractivity contribution in [3.05, 3.63) is 0 Å². The Morgan fingerprint density at radius 1 is 1.13 bits per heavy atom. The van der Waals surface area contributed by atoms with E-state index >= 15 is 0 Å². The Labute approximate surface area is 92.3 Å². The Morgan fingerprint density at radius 3 is 2.33 bits per heavy atom. The summed E-state index contributed by atoms with van der Waals surface area (Å²) in [6.45, 7) is 6.24. The summed E-state index contributed by atoms with van der Waals surface area (Å²) in [5, 5.41) is 0. The van der Waals surface area contributed by atoms with E-state index in [2.05, 4.69) is 11.5 Å². The third-order valence-corrected chi connectivity index (χ3v) is 3.87. The summed E-state index contributed by atoms with van der Waals surface area (Å²) in [5.41, 5.74) is 7.51. The molecule has 0 atom stereocenters. The monoisotopic (exact) mass is 211 g/mol. The highest BCUT2D eigenvalue weighted by atomic mass is 16.5. The van der Waals surface area contributed by atoms with E-state index in [9.17, 15) is 0 Å². The predicted molar refractivity (Wildman–Crippen MR) is 61.4 cm³/mol. The van der Waals surface area contributed by atoms with E-state index in [4.69, 9.17) is 10.5 Å². The summed E-state index contributed by atoms with van der Waals surface area (Å²) < 4.78 is 7.88. The van der Waals surface area contributed by atoms with Crippen molar-refractivity contribution >= 4 is 5.71 Å². The lowest BCUT2D eigenvalue weighted by atomic mass is 9.83. The van der Waals surface area contributed by atoms with Crippen molar-refractivity contribution < 1.29 is 9.31 Å². The second-order valence-electron chi connectivity index (χ2n) is 4.85. The molecular weight excluding hydrogens is 188 g/mol. The number of nitrogens with zero attached hydrogens (tertiary/aromatic N) is 1. The zero-order chi connectivity index (χ0) is 10.7. The van der Waals surface area contributed by atoms with Crippen molar-refractivity contribution in [3.8, 4) is 0 Å². The first-order chi connectivity index (χ1) is 7.27. The molecule has 0 aromatic heterocycles. The lowest BCUT2D eigenvalue weighted by Crippen LogP contribution is -2.37. The molecule has 1 heterocycles. The lowest BCUT2D eigenvalue weighted by molar-refractivity contribution is -0.551. The van der Waals surface area contributed by atoms with E-state index in [1.165, 1.54) is 25.7 Å². The highest BCUT2D eigenvalue weighted by molar-refractivity contribution is 5.79. The molecule has 0 spiro atoms. The van der Waals surface area contributed by atoms with Crippen LogP contribution in [-0.2, 0) is 4.74 Å². The SMILES string of the molecule is CC(C1CCC(N)CC1)=[N+]1CCOCC1. The molecule has 0 radical (unpaired) electrons. The quantitative estimate of drug-likeness (QED) is 0.657. The van der Waals surface area contributed by atoms with Gasteiger partial charge in [0, 0.05) is 18.9 Å². The van der Waals surface area contributed by atoms with Gasteiger partial charge in [0.25, 0.3) is 0 Å². The van der Waals surface area contributed by atoms with Crippen LogP contribution in [0.3, 0.4) is 0 Å². The van der Waals surface area contributed by atoms with Crippen LogP contribution in [0.2, 0.25) is 0 Å². The van der Waals surface area contributed by atoms with Crippen LogP contribution in [0.4, 0.5) is 0 Å². The molecule has 2 N–H and O–H groups in total. The van der Waals surface area contributed by atoms with Crippen LogP contribution < -0.4 is 5.73 Å². The number of hydrogen-bond donors (Lipinski definition) is 1. The zero-order valence-electron chi connectivity index (χ0n) is 9.74. The van der Waals surface area contributed by atoms with E-state index in [0.29, 0.717) is 6.04 Å². The number of ether oxygens (including phenoxy) is 1. The van der Waals surface area contributed by atoms with Gasteiger partial charge < -0.3 is 10.5 Å². The molecule has 1 aliphatic heterocycles. The van der Waals surface area contributed by atoms with E-state index < -0.39 is 0 Å². The second kappa shape index (κ2) is 5.08. The molecule has 15 heavy (non-hydrogen) atoms. The van der Waals surface area contributed by atoms with Gasteiger partial charge in [-0.2, -0.15) is 0 Å². The van der Waals surface area contributed by atoms with E-state index in [1.54, 1.807) is 5.71 Å². The molecule has 0 bridgehead atoms. The zero-order valence-corrected chi connectivity index (χ0v) is 9.74. The fourth-order valence-electron chi connectivity index (χ4n) is 2.71. The summed E-state index contributed by atoms with van der Waals surface area (Å²) in [5.74, 6) is 0.780. The van der Waals surface area contributed by atoms with Gasteiger partial charge in [-0.3, -0.25) is 0 Å². The van der Waals surface area contributed by atoms with Crippen molar-refractivity contribution in [3.63, 3.8) is 0 Å². The van der Waals surface area contributed by atoms with E-state index in [1.807, 2.05) is 0 Å². The smallest absolute Gasteiger partial charge is 0.166 e. The molecule has 0 amide bonds. The molecular formula is C12H23N2O+. The largest absolute Gasteiger partial charge is 0.368 e. The molecule has 0 unspecified atom stereocenters. The highest BCUT2D eigenvalue weighted by Crippen LogP contribution is 2.24. The molecule has 0 aromatic carbocycles. The molecule has 1 saturated carbocycles. The first kappa shape index (κ1) is 11.1. The summed E-state index contributed by atoms with van der Waals surface area (Å²) in [4.78, 5) is 0. The molecule has 3 nitrogen and oxygen atoms in total. The van der Waals surface area contributed by atoms with Gasteiger partial charge in [-0.1, -0.05) is 0 Å². The van der Waals surface area contributed by atoms with Crippen LogP contribution in [0.25, 0.3) is 0 Å².